The van der Waals surface area contributed by atoms with Gasteiger partial charge in [-0.15, -0.1) is 0 Å². The summed E-state index contributed by atoms with van der Waals surface area (Å²) >= 11 is 0. The lowest BCUT2D eigenvalue weighted by molar-refractivity contribution is 0.0936. The quantitative estimate of drug-likeness (QED) is 0.788. The molecule has 0 bridgehead atoms. The molecule has 18 heavy (non-hydrogen) atoms. The molecule has 3 heteroatoms. The topological polar surface area (TPSA) is 55.1 Å². The minimum Gasteiger partial charge on any atom is -0.398 e. The van der Waals surface area contributed by atoms with Crippen LogP contribution in [0, 0.1) is 19.8 Å². The lowest BCUT2D eigenvalue weighted by atomic mass is 10.0. The average Bonchev–Trinajstić information content (AvgIpc) is 2.69. The van der Waals surface area contributed by atoms with Crippen molar-refractivity contribution in [3.8, 4) is 0 Å². The number of carbonyl (C=O) groups excluding carboxylic acids is 1. The van der Waals surface area contributed by atoms with Crippen molar-refractivity contribution in [3.05, 3.63) is 28.8 Å². The second-order valence-corrected chi connectivity index (χ2v) is 5.61. The number of amides is 1. The summed E-state index contributed by atoms with van der Waals surface area (Å²) in [5.74, 6) is 0.734. The molecular formula is C15H22N2O. The highest BCUT2D eigenvalue weighted by Crippen LogP contribution is 2.25. The van der Waals surface area contributed by atoms with Crippen molar-refractivity contribution >= 4 is 11.6 Å². The van der Waals surface area contributed by atoms with Crippen LogP contribution in [0.4, 0.5) is 5.69 Å². The van der Waals surface area contributed by atoms with Gasteiger partial charge in [-0.3, -0.25) is 4.79 Å². The molecule has 0 heterocycles. The van der Waals surface area contributed by atoms with Crippen LogP contribution < -0.4 is 11.1 Å². The second kappa shape index (κ2) is 5.01. The van der Waals surface area contributed by atoms with E-state index in [1.165, 1.54) is 6.42 Å². The van der Waals surface area contributed by atoms with Gasteiger partial charge >= 0.3 is 0 Å². The number of rotatable bonds is 2. The van der Waals surface area contributed by atoms with Crippen LogP contribution in [0.1, 0.15) is 47.7 Å². The maximum Gasteiger partial charge on any atom is 0.251 e. The molecule has 1 amide bonds. The van der Waals surface area contributed by atoms with E-state index in [0.717, 1.165) is 29.9 Å². The largest absolute Gasteiger partial charge is 0.398 e. The van der Waals surface area contributed by atoms with Gasteiger partial charge in [0.05, 0.1) is 0 Å². The Hall–Kier alpha value is -1.51. The molecule has 1 aromatic carbocycles. The van der Waals surface area contributed by atoms with Crippen molar-refractivity contribution in [2.24, 2.45) is 5.92 Å². The van der Waals surface area contributed by atoms with Crippen LogP contribution in [-0.4, -0.2) is 11.9 Å². The van der Waals surface area contributed by atoms with E-state index < -0.39 is 0 Å². The van der Waals surface area contributed by atoms with Gasteiger partial charge in [-0.05, 0) is 56.2 Å². The predicted molar refractivity (Wildman–Crippen MR) is 74.6 cm³/mol. The zero-order valence-corrected chi connectivity index (χ0v) is 11.4. The van der Waals surface area contributed by atoms with Crippen molar-refractivity contribution in [2.45, 2.75) is 46.1 Å². The molecule has 98 valence electrons. The van der Waals surface area contributed by atoms with Gasteiger partial charge in [-0.1, -0.05) is 13.0 Å². The normalized spacial score (nSPS) is 23.1. The molecule has 1 fully saturated rings. The fraction of sp³-hybridized carbons (Fsp3) is 0.533. The molecule has 1 aliphatic carbocycles. The lowest BCUT2D eigenvalue weighted by Gasteiger charge is -2.15. The summed E-state index contributed by atoms with van der Waals surface area (Å²) in [5, 5.41) is 3.12. The summed E-state index contributed by atoms with van der Waals surface area (Å²) in [5.41, 5.74) is 9.29. The molecule has 3 N–H and O–H groups in total. The van der Waals surface area contributed by atoms with Gasteiger partial charge in [-0.25, -0.2) is 0 Å². The summed E-state index contributed by atoms with van der Waals surface area (Å²) < 4.78 is 0. The maximum atomic E-state index is 12.2. The Labute approximate surface area is 109 Å². The number of anilines is 1. The number of nitrogen functional groups attached to an aromatic ring is 1. The van der Waals surface area contributed by atoms with Gasteiger partial charge in [0.25, 0.3) is 5.91 Å². The minimum atomic E-state index is 0.0123. The number of hydrogen-bond acceptors (Lipinski definition) is 2. The molecule has 0 aliphatic heterocycles. The molecular weight excluding hydrogens is 224 g/mol. The van der Waals surface area contributed by atoms with Crippen molar-refractivity contribution in [2.75, 3.05) is 5.73 Å². The van der Waals surface area contributed by atoms with Crippen LogP contribution in [0.3, 0.4) is 0 Å². The van der Waals surface area contributed by atoms with Crippen LogP contribution in [0.2, 0.25) is 0 Å². The highest BCUT2D eigenvalue weighted by Gasteiger charge is 2.23. The van der Waals surface area contributed by atoms with Crippen LogP contribution in [-0.2, 0) is 0 Å². The summed E-state index contributed by atoms with van der Waals surface area (Å²) in [6, 6.07) is 4.09. The molecule has 0 aromatic heterocycles. The molecule has 2 rings (SSSR count). The summed E-state index contributed by atoms with van der Waals surface area (Å²) in [6.07, 6.45) is 3.39. The first-order valence-corrected chi connectivity index (χ1v) is 6.65. The molecule has 3 nitrogen and oxygen atoms in total. The first kappa shape index (κ1) is 12.9. The van der Waals surface area contributed by atoms with E-state index in [4.69, 9.17) is 5.73 Å². The summed E-state index contributed by atoms with van der Waals surface area (Å²) in [7, 11) is 0. The summed E-state index contributed by atoms with van der Waals surface area (Å²) in [6.45, 7) is 6.16. The number of nitrogens with two attached hydrogens (primary N) is 1. The van der Waals surface area contributed by atoms with Crippen molar-refractivity contribution in [3.63, 3.8) is 0 Å². The number of aryl methyl sites for hydroxylation is 2. The third-order valence-electron chi connectivity index (χ3n) is 3.89. The second-order valence-electron chi connectivity index (χ2n) is 5.61. The van der Waals surface area contributed by atoms with E-state index >= 15 is 0 Å². The molecule has 0 spiro atoms. The van der Waals surface area contributed by atoms with E-state index in [2.05, 4.69) is 12.2 Å². The Morgan fingerprint density at radius 2 is 2.00 bits per heavy atom. The van der Waals surface area contributed by atoms with E-state index in [9.17, 15) is 4.79 Å². The van der Waals surface area contributed by atoms with Gasteiger partial charge < -0.3 is 11.1 Å². The number of nitrogens with one attached hydrogen (secondary N) is 1. The van der Waals surface area contributed by atoms with Gasteiger partial charge in [0.1, 0.15) is 0 Å². The van der Waals surface area contributed by atoms with E-state index in [-0.39, 0.29) is 5.91 Å². The van der Waals surface area contributed by atoms with Crippen molar-refractivity contribution in [1.29, 1.82) is 0 Å². The van der Waals surface area contributed by atoms with Gasteiger partial charge in [0.2, 0.25) is 0 Å². The van der Waals surface area contributed by atoms with Crippen LogP contribution in [0.15, 0.2) is 12.1 Å². The number of benzene rings is 1. The zero-order chi connectivity index (χ0) is 13.3. The van der Waals surface area contributed by atoms with Gasteiger partial charge in [0, 0.05) is 17.3 Å². The minimum absolute atomic E-state index is 0.0123. The maximum absolute atomic E-state index is 12.2. The lowest BCUT2D eigenvalue weighted by Crippen LogP contribution is -2.33. The Kier molecular flexibility index (Phi) is 3.60. The molecule has 0 radical (unpaired) electrons. The Morgan fingerprint density at radius 1 is 1.28 bits per heavy atom. The number of carbonyl (C=O) groups is 1. The highest BCUT2D eigenvalue weighted by atomic mass is 16.1. The standard InChI is InChI=1S/C15H22N2O/c1-9-4-5-12(6-9)17-15(18)13-8-14(16)11(3)7-10(13)2/h7-9,12H,4-6,16H2,1-3H3,(H,17,18). The average molecular weight is 246 g/mol. The third-order valence-corrected chi connectivity index (χ3v) is 3.89. The molecule has 2 unspecified atom stereocenters. The Balaban J connectivity index is 2.11. The zero-order valence-electron chi connectivity index (χ0n) is 11.4. The van der Waals surface area contributed by atoms with Crippen LogP contribution >= 0.6 is 0 Å². The first-order chi connectivity index (χ1) is 8.47. The molecule has 1 saturated carbocycles. The highest BCUT2D eigenvalue weighted by molar-refractivity contribution is 5.96. The molecule has 1 aromatic rings. The van der Waals surface area contributed by atoms with E-state index in [0.29, 0.717) is 17.3 Å². The smallest absolute Gasteiger partial charge is 0.251 e. The van der Waals surface area contributed by atoms with Crippen LogP contribution in [0.5, 0.6) is 0 Å². The molecule has 0 saturated heterocycles. The van der Waals surface area contributed by atoms with Gasteiger partial charge in [-0.2, -0.15) is 0 Å². The van der Waals surface area contributed by atoms with E-state index in [1.807, 2.05) is 19.9 Å². The fourth-order valence-electron chi connectivity index (χ4n) is 2.71. The molecule has 2 atom stereocenters. The third kappa shape index (κ3) is 2.66. The van der Waals surface area contributed by atoms with Gasteiger partial charge in [0.15, 0.2) is 0 Å². The van der Waals surface area contributed by atoms with E-state index in [1.54, 1.807) is 6.07 Å². The Bertz CT molecular complexity index is 468. The predicted octanol–water partition coefficient (Wildman–Crippen LogP) is 2.80. The fourth-order valence-corrected chi connectivity index (χ4v) is 2.71. The van der Waals surface area contributed by atoms with Crippen molar-refractivity contribution < 1.29 is 4.79 Å². The number of hydrogen-bond donors (Lipinski definition) is 2. The first-order valence-electron chi connectivity index (χ1n) is 6.65. The molecule has 1 aliphatic rings. The monoisotopic (exact) mass is 246 g/mol. The van der Waals surface area contributed by atoms with Crippen molar-refractivity contribution in [1.82, 2.24) is 5.32 Å². The SMILES string of the molecule is Cc1cc(C)c(C(=O)NC2CCC(C)C2)cc1N. The summed E-state index contributed by atoms with van der Waals surface area (Å²) in [4.78, 5) is 12.2. The Morgan fingerprint density at radius 3 is 2.61 bits per heavy atom. The van der Waals surface area contributed by atoms with Crippen LogP contribution in [0.25, 0.3) is 0 Å².